The number of carbonyl (C=O) groups is 1. The van der Waals surface area contributed by atoms with E-state index in [9.17, 15) is 45.6 Å². The summed E-state index contributed by atoms with van der Waals surface area (Å²) in [5.41, 5.74) is 0. The van der Waals surface area contributed by atoms with Gasteiger partial charge in [0.2, 0.25) is 5.91 Å². The van der Waals surface area contributed by atoms with Gasteiger partial charge in [0, 0.05) is 6.42 Å². The van der Waals surface area contributed by atoms with Crippen LogP contribution in [-0.4, -0.2) is 140 Å². The van der Waals surface area contributed by atoms with Gasteiger partial charge in [-0.05, 0) is 57.8 Å². The Morgan fingerprint density at radius 2 is 0.932 bits per heavy atom. The van der Waals surface area contributed by atoms with E-state index in [4.69, 9.17) is 18.9 Å². The minimum absolute atomic E-state index is 0.243. The predicted molar refractivity (Wildman–Crippen MR) is 295 cm³/mol. The summed E-state index contributed by atoms with van der Waals surface area (Å²) in [5, 5.41) is 87.0. The third-order valence-electron chi connectivity index (χ3n) is 14.2. The van der Waals surface area contributed by atoms with Crippen LogP contribution < -0.4 is 5.32 Å². The number of aliphatic hydroxyl groups is 8. The fourth-order valence-corrected chi connectivity index (χ4v) is 9.46. The molecule has 0 radical (unpaired) electrons. The first-order chi connectivity index (χ1) is 36.1. The molecule has 2 aliphatic rings. The third-order valence-corrected chi connectivity index (χ3v) is 14.2. The molecule has 2 aliphatic heterocycles. The van der Waals surface area contributed by atoms with E-state index in [0.29, 0.717) is 6.42 Å². The fourth-order valence-electron chi connectivity index (χ4n) is 9.46. The van der Waals surface area contributed by atoms with E-state index < -0.39 is 86.8 Å². The summed E-state index contributed by atoms with van der Waals surface area (Å²) in [6.45, 7) is 2.68. The highest BCUT2D eigenvalue weighted by Gasteiger charge is 2.51. The Morgan fingerprint density at radius 3 is 1.43 bits per heavy atom. The molecular formula is C60H107NO13. The van der Waals surface area contributed by atoms with Crippen LogP contribution >= 0.6 is 0 Å². The lowest BCUT2D eigenvalue weighted by Crippen LogP contribution is -2.65. The van der Waals surface area contributed by atoms with Gasteiger partial charge in [-0.1, -0.05) is 216 Å². The zero-order chi connectivity index (χ0) is 53.9. The van der Waals surface area contributed by atoms with Crippen LogP contribution in [0.5, 0.6) is 0 Å². The summed E-state index contributed by atoms with van der Waals surface area (Å²) in [5.74, 6) is -0.243. The molecule has 2 saturated heterocycles. The first kappa shape index (κ1) is 67.8. The molecule has 0 aromatic heterocycles. The number of hydrogen-bond donors (Lipinski definition) is 9. The minimum atomic E-state index is -1.79. The van der Waals surface area contributed by atoms with Crippen molar-refractivity contribution in [3.05, 3.63) is 60.8 Å². The van der Waals surface area contributed by atoms with E-state index in [0.717, 1.165) is 70.6 Å². The highest BCUT2D eigenvalue weighted by Crippen LogP contribution is 2.30. The normalized spacial score (nSPS) is 25.6. The van der Waals surface area contributed by atoms with Crippen molar-refractivity contribution in [2.24, 2.45) is 0 Å². The Morgan fingerprint density at radius 1 is 0.500 bits per heavy atom. The smallest absolute Gasteiger partial charge is 0.220 e. The average molecular weight is 1050 g/mol. The Bertz CT molecular complexity index is 1470. The monoisotopic (exact) mass is 1050 g/mol. The van der Waals surface area contributed by atoms with E-state index in [1.54, 1.807) is 6.08 Å². The molecule has 0 saturated carbocycles. The molecule has 9 N–H and O–H groups in total. The second-order valence-electron chi connectivity index (χ2n) is 20.7. The zero-order valence-corrected chi connectivity index (χ0v) is 46.1. The number of rotatable bonds is 46. The van der Waals surface area contributed by atoms with Crippen LogP contribution in [0.25, 0.3) is 0 Å². The van der Waals surface area contributed by atoms with E-state index in [2.05, 4.69) is 67.8 Å². The van der Waals surface area contributed by atoms with Gasteiger partial charge in [0.1, 0.15) is 48.8 Å². The highest BCUT2D eigenvalue weighted by molar-refractivity contribution is 5.76. The van der Waals surface area contributed by atoms with Crippen molar-refractivity contribution in [1.29, 1.82) is 0 Å². The van der Waals surface area contributed by atoms with E-state index in [1.165, 1.54) is 122 Å². The zero-order valence-electron chi connectivity index (χ0n) is 46.1. The van der Waals surface area contributed by atoms with Crippen LogP contribution in [0.3, 0.4) is 0 Å². The molecule has 0 bridgehead atoms. The molecule has 2 heterocycles. The molecule has 12 unspecified atom stereocenters. The van der Waals surface area contributed by atoms with Crippen LogP contribution in [0.15, 0.2) is 60.8 Å². The molecule has 0 aliphatic carbocycles. The van der Waals surface area contributed by atoms with Crippen LogP contribution in [0.4, 0.5) is 0 Å². The molecule has 0 aromatic rings. The molecule has 430 valence electrons. The second kappa shape index (κ2) is 45.7. The molecule has 14 heteroatoms. The van der Waals surface area contributed by atoms with Crippen LogP contribution in [-0.2, 0) is 23.7 Å². The van der Waals surface area contributed by atoms with Gasteiger partial charge < -0.3 is 65.1 Å². The summed E-state index contributed by atoms with van der Waals surface area (Å²) in [7, 11) is 0. The van der Waals surface area contributed by atoms with Gasteiger partial charge >= 0.3 is 0 Å². The fraction of sp³-hybridized carbons (Fsp3) is 0.817. The molecule has 14 nitrogen and oxygen atoms in total. The lowest BCUT2D eigenvalue weighted by Gasteiger charge is -2.46. The molecular weight excluding hydrogens is 943 g/mol. The van der Waals surface area contributed by atoms with Crippen molar-refractivity contribution in [2.75, 3.05) is 19.8 Å². The van der Waals surface area contributed by atoms with Crippen LogP contribution in [0.2, 0.25) is 0 Å². The predicted octanol–water partition coefficient (Wildman–Crippen LogP) is 9.78. The highest BCUT2D eigenvalue weighted by atomic mass is 16.7. The summed E-state index contributed by atoms with van der Waals surface area (Å²) in [6, 6.07) is -0.917. The maximum Gasteiger partial charge on any atom is 0.220 e. The third kappa shape index (κ3) is 31.2. The van der Waals surface area contributed by atoms with Crippen LogP contribution in [0, 0.1) is 0 Å². The van der Waals surface area contributed by atoms with Gasteiger partial charge in [-0.25, -0.2) is 0 Å². The van der Waals surface area contributed by atoms with Crippen molar-refractivity contribution in [3.8, 4) is 0 Å². The van der Waals surface area contributed by atoms with Crippen molar-refractivity contribution in [3.63, 3.8) is 0 Å². The van der Waals surface area contributed by atoms with Gasteiger partial charge in [-0.3, -0.25) is 4.79 Å². The second-order valence-corrected chi connectivity index (χ2v) is 20.7. The minimum Gasteiger partial charge on any atom is -0.394 e. The number of ether oxygens (including phenoxy) is 4. The molecule has 0 aromatic carbocycles. The van der Waals surface area contributed by atoms with E-state index >= 15 is 0 Å². The number of aliphatic hydroxyl groups excluding tert-OH is 8. The largest absolute Gasteiger partial charge is 0.394 e. The first-order valence-corrected chi connectivity index (χ1v) is 29.5. The maximum atomic E-state index is 13.3. The Labute approximate surface area is 447 Å². The topological polar surface area (TPSA) is 228 Å². The van der Waals surface area contributed by atoms with Gasteiger partial charge in [0.05, 0.1) is 32.0 Å². The summed E-state index contributed by atoms with van der Waals surface area (Å²) in [4.78, 5) is 13.3. The molecule has 2 rings (SSSR count). The van der Waals surface area contributed by atoms with Crippen molar-refractivity contribution < 1.29 is 64.6 Å². The number of amides is 1. The van der Waals surface area contributed by atoms with Gasteiger partial charge in [-0.2, -0.15) is 0 Å². The quantitative estimate of drug-likeness (QED) is 0.0205. The Kier molecular flexibility index (Phi) is 41.9. The number of unbranched alkanes of at least 4 members (excludes halogenated alkanes) is 25. The number of hydrogen-bond acceptors (Lipinski definition) is 13. The molecule has 12 atom stereocenters. The summed E-state index contributed by atoms with van der Waals surface area (Å²) < 4.78 is 22.8. The van der Waals surface area contributed by atoms with Crippen molar-refractivity contribution >= 4 is 5.91 Å². The van der Waals surface area contributed by atoms with Gasteiger partial charge in [0.25, 0.3) is 0 Å². The standard InChI is InChI=1S/C60H107NO13/c1-3-5-7-9-11-13-15-17-19-20-21-22-23-24-25-26-27-28-30-32-34-36-38-40-42-44-52(65)61-48(49(64)43-41-39-37-35-33-31-29-18-16-14-12-10-8-6-4-2)47-71-59-57(70)55(68)58(51(46-63)73-59)74-60-56(69)54(67)53(66)50(45-62)72-60/h5,7,11,13,17,19,21-22,41,43,48-51,53-60,62-64,66-70H,3-4,6,8-10,12,14-16,18,20,23-40,42,44-47H2,1-2H3,(H,61,65)/b7-5-,13-11-,19-17-,22-21-,43-41+. The van der Waals surface area contributed by atoms with Crippen LogP contribution in [0.1, 0.15) is 219 Å². The van der Waals surface area contributed by atoms with E-state index in [-0.39, 0.29) is 18.9 Å². The lowest BCUT2D eigenvalue weighted by molar-refractivity contribution is -0.359. The van der Waals surface area contributed by atoms with Gasteiger partial charge in [0.15, 0.2) is 12.6 Å². The van der Waals surface area contributed by atoms with Crippen molar-refractivity contribution in [2.45, 2.75) is 293 Å². The SMILES string of the molecule is CC/C=C\C/C=C\C/C=C\C/C=C\CCCCCCCCCCCCCCC(=O)NC(COC1OC(CO)C(OC2OC(CO)C(O)C(O)C2O)C(O)C1O)C(O)/C=C/CCCCCCCCCCCCCCC. The molecule has 74 heavy (non-hydrogen) atoms. The number of nitrogens with one attached hydrogen (secondary N) is 1. The Hall–Kier alpha value is -2.31. The first-order valence-electron chi connectivity index (χ1n) is 29.5. The summed E-state index contributed by atoms with van der Waals surface area (Å²) >= 11 is 0. The number of allylic oxidation sites excluding steroid dienone is 9. The summed E-state index contributed by atoms with van der Waals surface area (Å²) in [6.07, 6.45) is 41.1. The maximum absolute atomic E-state index is 13.3. The van der Waals surface area contributed by atoms with E-state index in [1.807, 2.05) is 6.08 Å². The Balaban J connectivity index is 1.74. The molecule has 1 amide bonds. The lowest BCUT2D eigenvalue weighted by atomic mass is 9.97. The van der Waals surface area contributed by atoms with Crippen molar-refractivity contribution in [1.82, 2.24) is 5.32 Å². The van der Waals surface area contributed by atoms with Gasteiger partial charge in [-0.15, -0.1) is 0 Å². The average Bonchev–Trinajstić information content (AvgIpc) is 3.40. The number of carbonyl (C=O) groups excluding carboxylic acids is 1. The molecule has 2 fully saturated rings. The molecule has 0 spiro atoms.